The molecular formula is C12H22ClN3O2. The number of ether oxygens (including phenoxy) is 1. The van der Waals surface area contributed by atoms with Crippen LogP contribution >= 0.6 is 12.4 Å². The Bertz CT molecular complexity index is 297. The molecule has 3 rings (SSSR count). The van der Waals surface area contributed by atoms with Gasteiger partial charge in [0.25, 0.3) is 0 Å². The highest BCUT2D eigenvalue weighted by atomic mass is 35.5. The summed E-state index contributed by atoms with van der Waals surface area (Å²) in [7, 11) is 0. The lowest BCUT2D eigenvalue weighted by molar-refractivity contribution is 0.0429. The number of halogens is 1. The zero-order valence-electron chi connectivity index (χ0n) is 10.6. The van der Waals surface area contributed by atoms with Crippen LogP contribution in [0.2, 0.25) is 0 Å². The summed E-state index contributed by atoms with van der Waals surface area (Å²) >= 11 is 0. The molecule has 0 radical (unpaired) electrons. The number of amides is 2. The minimum Gasteiger partial charge on any atom is -0.378 e. The Morgan fingerprint density at radius 1 is 1.00 bits per heavy atom. The second-order valence-corrected chi connectivity index (χ2v) is 5.25. The molecular weight excluding hydrogens is 254 g/mol. The highest BCUT2D eigenvalue weighted by Gasteiger charge is 2.32. The van der Waals surface area contributed by atoms with Crippen LogP contribution in [0.25, 0.3) is 0 Å². The van der Waals surface area contributed by atoms with E-state index in [1.807, 2.05) is 9.80 Å². The first-order chi connectivity index (χ1) is 8.33. The third-order valence-corrected chi connectivity index (χ3v) is 4.08. The largest absolute Gasteiger partial charge is 0.378 e. The van der Waals surface area contributed by atoms with Crippen molar-refractivity contribution in [2.45, 2.75) is 31.3 Å². The third kappa shape index (κ3) is 2.90. The molecule has 0 aromatic rings. The molecule has 104 valence electrons. The monoisotopic (exact) mass is 275 g/mol. The summed E-state index contributed by atoms with van der Waals surface area (Å²) in [5, 5.41) is 3.60. The molecule has 2 unspecified atom stereocenters. The predicted molar refractivity (Wildman–Crippen MR) is 71.2 cm³/mol. The van der Waals surface area contributed by atoms with Crippen LogP contribution in [0.1, 0.15) is 19.3 Å². The Morgan fingerprint density at radius 3 is 2.50 bits per heavy atom. The van der Waals surface area contributed by atoms with E-state index in [0.717, 1.165) is 32.6 Å². The lowest BCUT2D eigenvalue weighted by Crippen LogP contribution is -2.50. The number of hydrogen-bond acceptors (Lipinski definition) is 3. The summed E-state index contributed by atoms with van der Waals surface area (Å²) in [6, 6.07) is 1.37. The number of likely N-dealkylation sites (tertiary alicyclic amines) is 1. The van der Waals surface area contributed by atoms with Crippen molar-refractivity contribution in [2.24, 2.45) is 0 Å². The van der Waals surface area contributed by atoms with Crippen LogP contribution in [0.15, 0.2) is 0 Å². The first-order valence-corrected chi connectivity index (χ1v) is 6.70. The number of nitrogens with one attached hydrogen (secondary N) is 1. The third-order valence-electron chi connectivity index (χ3n) is 4.08. The van der Waals surface area contributed by atoms with E-state index in [1.165, 1.54) is 12.8 Å². The number of nitrogens with zero attached hydrogens (tertiary/aromatic N) is 2. The fourth-order valence-corrected chi connectivity index (χ4v) is 3.07. The van der Waals surface area contributed by atoms with Crippen LogP contribution < -0.4 is 5.32 Å². The van der Waals surface area contributed by atoms with Crippen LogP contribution in [-0.2, 0) is 4.74 Å². The Hall–Kier alpha value is -0.520. The molecule has 2 amide bonds. The minimum absolute atomic E-state index is 0. The number of carbonyl (C=O) groups excluding carboxylic acids is 1. The summed E-state index contributed by atoms with van der Waals surface area (Å²) in [5.41, 5.74) is 0. The molecule has 1 N–H and O–H groups in total. The highest BCUT2D eigenvalue weighted by molar-refractivity contribution is 5.85. The summed E-state index contributed by atoms with van der Waals surface area (Å²) in [4.78, 5) is 16.3. The Kier molecular flexibility index (Phi) is 4.70. The highest BCUT2D eigenvalue weighted by Crippen LogP contribution is 2.21. The van der Waals surface area contributed by atoms with Gasteiger partial charge >= 0.3 is 6.03 Å². The molecule has 5 nitrogen and oxygen atoms in total. The van der Waals surface area contributed by atoms with E-state index in [2.05, 4.69) is 5.32 Å². The van der Waals surface area contributed by atoms with E-state index in [0.29, 0.717) is 25.3 Å². The first kappa shape index (κ1) is 13.9. The molecule has 2 bridgehead atoms. The van der Waals surface area contributed by atoms with Crippen molar-refractivity contribution in [3.63, 3.8) is 0 Å². The molecule has 3 saturated heterocycles. The topological polar surface area (TPSA) is 44.8 Å². The van der Waals surface area contributed by atoms with E-state index in [1.54, 1.807) is 0 Å². The number of rotatable bonds is 0. The van der Waals surface area contributed by atoms with Gasteiger partial charge in [-0.15, -0.1) is 12.4 Å². The number of fused-ring (bicyclic) bond motifs is 2. The maximum absolute atomic E-state index is 12.4. The number of hydrogen-bond donors (Lipinski definition) is 1. The van der Waals surface area contributed by atoms with Gasteiger partial charge in [-0.1, -0.05) is 0 Å². The Labute approximate surface area is 114 Å². The summed E-state index contributed by atoms with van der Waals surface area (Å²) < 4.78 is 5.29. The lowest BCUT2D eigenvalue weighted by Gasteiger charge is -2.33. The van der Waals surface area contributed by atoms with Crippen LogP contribution in [-0.4, -0.2) is 67.3 Å². The zero-order chi connectivity index (χ0) is 11.7. The minimum atomic E-state index is 0. The number of morpholine rings is 1. The normalized spacial score (nSPS) is 31.8. The first-order valence-electron chi connectivity index (χ1n) is 6.70. The Morgan fingerprint density at radius 2 is 1.72 bits per heavy atom. The number of urea groups is 1. The van der Waals surface area contributed by atoms with Crippen molar-refractivity contribution in [3.8, 4) is 0 Å². The van der Waals surface area contributed by atoms with E-state index < -0.39 is 0 Å². The maximum Gasteiger partial charge on any atom is 0.320 e. The average Bonchev–Trinajstić information content (AvgIpc) is 2.69. The van der Waals surface area contributed by atoms with Crippen molar-refractivity contribution in [1.29, 1.82) is 0 Å². The Balaban J connectivity index is 0.00000120. The molecule has 0 aromatic heterocycles. The molecule has 3 aliphatic heterocycles. The van der Waals surface area contributed by atoms with E-state index >= 15 is 0 Å². The summed E-state index contributed by atoms with van der Waals surface area (Å²) in [6.07, 6.45) is 3.61. The van der Waals surface area contributed by atoms with Gasteiger partial charge in [0, 0.05) is 38.3 Å². The summed E-state index contributed by atoms with van der Waals surface area (Å²) in [6.45, 7) is 4.65. The second kappa shape index (κ2) is 6.08. The van der Waals surface area contributed by atoms with Crippen LogP contribution in [0.3, 0.4) is 0 Å². The van der Waals surface area contributed by atoms with E-state index in [4.69, 9.17) is 4.74 Å². The fraction of sp³-hybridized carbons (Fsp3) is 0.917. The lowest BCUT2D eigenvalue weighted by atomic mass is 10.1. The van der Waals surface area contributed by atoms with Gasteiger partial charge in [-0.2, -0.15) is 0 Å². The molecule has 0 aliphatic carbocycles. The molecule has 18 heavy (non-hydrogen) atoms. The van der Waals surface area contributed by atoms with Crippen molar-refractivity contribution >= 4 is 18.4 Å². The summed E-state index contributed by atoms with van der Waals surface area (Å²) in [5.74, 6) is 0. The standard InChI is InChI=1S/C12H21N3O2.ClH/c16-12(14-5-7-17-8-6-14)15-4-3-10-1-2-11(9-15)13-10;/h10-11,13H,1-9H2;1H. The van der Waals surface area contributed by atoms with Crippen LogP contribution in [0, 0.1) is 0 Å². The second-order valence-electron chi connectivity index (χ2n) is 5.25. The molecule has 0 saturated carbocycles. The van der Waals surface area contributed by atoms with Gasteiger partial charge in [0.2, 0.25) is 0 Å². The van der Waals surface area contributed by atoms with Gasteiger partial charge in [0.1, 0.15) is 0 Å². The SMILES string of the molecule is Cl.O=C(N1CCOCC1)N1CCC2CCC(C1)N2. The number of carbonyl (C=O) groups is 1. The molecule has 3 heterocycles. The van der Waals surface area contributed by atoms with Crippen LogP contribution in [0.5, 0.6) is 0 Å². The van der Waals surface area contributed by atoms with Crippen molar-refractivity contribution < 1.29 is 9.53 Å². The quantitative estimate of drug-likeness (QED) is 0.707. The maximum atomic E-state index is 12.4. The molecule has 3 fully saturated rings. The molecule has 0 spiro atoms. The molecule has 2 atom stereocenters. The molecule has 0 aromatic carbocycles. The van der Waals surface area contributed by atoms with Crippen molar-refractivity contribution in [1.82, 2.24) is 15.1 Å². The van der Waals surface area contributed by atoms with Gasteiger partial charge in [-0.25, -0.2) is 4.79 Å². The van der Waals surface area contributed by atoms with Crippen molar-refractivity contribution in [3.05, 3.63) is 0 Å². The van der Waals surface area contributed by atoms with E-state index in [-0.39, 0.29) is 18.4 Å². The smallest absolute Gasteiger partial charge is 0.320 e. The van der Waals surface area contributed by atoms with Crippen LogP contribution in [0.4, 0.5) is 4.79 Å². The van der Waals surface area contributed by atoms with Gasteiger partial charge in [-0.3, -0.25) is 0 Å². The molecule has 6 heteroatoms. The van der Waals surface area contributed by atoms with E-state index in [9.17, 15) is 4.79 Å². The van der Waals surface area contributed by atoms with Gasteiger partial charge in [-0.05, 0) is 19.3 Å². The predicted octanol–water partition coefficient (Wildman–Crippen LogP) is 0.687. The zero-order valence-corrected chi connectivity index (χ0v) is 11.5. The van der Waals surface area contributed by atoms with Gasteiger partial charge in [0.15, 0.2) is 0 Å². The molecule has 3 aliphatic rings. The van der Waals surface area contributed by atoms with Gasteiger partial charge < -0.3 is 19.9 Å². The van der Waals surface area contributed by atoms with Gasteiger partial charge in [0.05, 0.1) is 13.2 Å². The average molecular weight is 276 g/mol. The fourth-order valence-electron chi connectivity index (χ4n) is 3.07. The van der Waals surface area contributed by atoms with Crippen molar-refractivity contribution in [2.75, 3.05) is 39.4 Å².